The van der Waals surface area contributed by atoms with Crippen LogP contribution in [0.2, 0.25) is 0 Å². The van der Waals surface area contributed by atoms with Gasteiger partial charge in [0, 0.05) is 29.3 Å². The van der Waals surface area contributed by atoms with Gasteiger partial charge in [-0.1, -0.05) is 32.9 Å². The molecule has 7 heteroatoms. The second-order valence-corrected chi connectivity index (χ2v) is 7.59. The average Bonchev–Trinajstić information content (AvgIpc) is 3.12. The average molecular weight is 394 g/mol. The maximum atomic E-state index is 12.6. The number of anilines is 2. The van der Waals surface area contributed by atoms with Crippen LogP contribution in [0.4, 0.5) is 16.3 Å². The summed E-state index contributed by atoms with van der Waals surface area (Å²) in [6.07, 6.45) is 0. The van der Waals surface area contributed by atoms with E-state index < -0.39 is 0 Å². The van der Waals surface area contributed by atoms with Crippen molar-refractivity contribution in [2.75, 3.05) is 24.9 Å². The van der Waals surface area contributed by atoms with E-state index in [4.69, 9.17) is 14.6 Å². The number of carbonyl (C=O) groups excluding carboxylic acids is 1. The first-order chi connectivity index (χ1) is 13.8. The van der Waals surface area contributed by atoms with Crippen LogP contribution in [-0.4, -0.2) is 30.0 Å². The quantitative estimate of drug-likeness (QED) is 0.650. The van der Waals surface area contributed by atoms with Gasteiger partial charge >= 0.3 is 6.03 Å². The molecular weight excluding hydrogens is 368 g/mol. The smallest absolute Gasteiger partial charge is 0.324 e. The predicted octanol–water partition coefficient (Wildman–Crippen LogP) is 4.83. The number of rotatable bonds is 5. The standard InChI is InChI=1S/C22H26N4O3/c1-22(2,3)19-14-20(26(25-19)16-9-7-11-18(13-16)29-5)24-21(27)23-15-8-6-10-17(12-15)28-4/h6-14H,1-5H3,(H2,23,24,27). The molecule has 1 aromatic heterocycles. The maximum absolute atomic E-state index is 12.6. The Balaban J connectivity index is 1.90. The van der Waals surface area contributed by atoms with Crippen LogP contribution in [0.5, 0.6) is 11.5 Å². The van der Waals surface area contributed by atoms with Crippen molar-refractivity contribution in [3.05, 3.63) is 60.3 Å². The van der Waals surface area contributed by atoms with E-state index in [1.54, 1.807) is 31.0 Å². The molecule has 0 radical (unpaired) electrons. The van der Waals surface area contributed by atoms with Crippen LogP contribution in [0.25, 0.3) is 5.69 Å². The number of carbonyl (C=O) groups is 1. The van der Waals surface area contributed by atoms with Gasteiger partial charge in [0.25, 0.3) is 0 Å². The summed E-state index contributed by atoms with van der Waals surface area (Å²) in [5.41, 5.74) is 2.10. The fourth-order valence-electron chi connectivity index (χ4n) is 2.76. The summed E-state index contributed by atoms with van der Waals surface area (Å²) >= 11 is 0. The van der Waals surface area contributed by atoms with E-state index in [0.717, 1.165) is 11.4 Å². The highest BCUT2D eigenvalue weighted by Gasteiger charge is 2.21. The first kappa shape index (κ1) is 20.3. The van der Waals surface area contributed by atoms with E-state index in [1.165, 1.54) is 0 Å². The van der Waals surface area contributed by atoms with Crippen LogP contribution in [0.1, 0.15) is 26.5 Å². The Morgan fingerprint density at radius 2 is 1.59 bits per heavy atom. The summed E-state index contributed by atoms with van der Waals surface area (Å²) in [5.74, 6) is 1.94. The molecule has 0 bridgehead atoms. The molecule has 0 saturated heterocycles. The number of benzene rings is 2. The molecule has 29 heavy (non-hydrogen) atoms. The molecule has 2 N–H and O–H groups in total. The molecule has 0 saturated carbocycles. The van der Waals surface area contributed by atoms with Crippen molar-refractivity contribution in [2.24, 2.45) is 0 Å². The number of urea groups is 1. The largest absolute Gasteiger partial charge is 0.497 e. The Hall–Kier alpha value is -3.48. The van der Waals surface area contributed by atoms with Crippen molar-refractivity contribution in [1.82, 2.24) is 9.78 Å². The second-order valence-electron chi connectivity index (χ2n) is 7.59. The second kappa shape index (κ2) is 8.26. The van der Waals surface area contributed by atoms with Gasteiger partial charge in [-0.15, -0.1) is 0 Å². The normalized spacial score (nSPS) is 11.1. The van der Waals surface area contributed by atoms with Crippen molar-refractivity contribution in [3.8, 4) is 17.2 Å². The molecule has 7 nitrogen and oxygen atoms in total. The molecule has 0 aliphatic heterocycles. The van der Waals surface area contributed by atoms with Gasteiger partial charge in [-0.2, -0.15) is 5.10 Å². The number of ether oxygens (including phenoxy) is 2. The van der Waals surface area contributed by atoms with Crippen molar-refractivity contribution >= 4 is 17.5 Å². The zero-order chi connectivity index (χ0) is 21.0. The highest BCUT2D eigenvalue weighted by molar-refractivity contribution is 5.99. The molecule has 0 atom stereocenters. The number of nitrogens with one attached hydrogen (secondary N) is 2. The van der Waals surface area contributed by atoms with Crippen LogP contribution in [-0.2, 0) is 5.41 Å². The van der Waals surface area contributed by atoms with E-state index in [-0.39, 0.29) is 11.4 Å². The number of hydrogen-bond acceptors (Lipinski definition) is 4. The van der Waals surface area contributed by atoms with Crippen LogP contribution in [0, 0.1) is 0 Å². The summed E-state index contributed by atoms with van der Waals surface area (Å²) in [7, 11) is 3.20. The first-order valence-corrected chi connectivity index (χ1v) is 9.27. The SMILES string of the molecule is COc1cccc(NC(=O)Nc2cc(C(C)(C)C)nn2-c2cccc(OC)c2)c1. The summed E-state index contributed by atoms with van der Waals surface area (Å²) in [6, 6.07) is 16.2. The Labute approximate surface area is 170 Å². The Kier molecular flexibility index (Phi) is 5.77. The van der Waals surface area contributed by atoms with Crippen LogP contribution < -0.4 is 20.1 Å². The fraction of sp³-hybridized carbons (Fsp3) is 0.273. The van der Waals surface area contributed by atoms with Gasteiger partial charge < -0.3 is 14.8 Å². The van der Waals surface area contributed by atoms with Gasteiger partial charge in [0.2, 0.25) is 0 Å². The molecule has 3 aromatic rings. The van der Waals surface area contributed by atoms with Crippen molar-refractivity contribution in [3.63, 3.8) is 0 Å². The molecule has 0 fully saturated rings. The molecule has 152 valence electrons. The molecule has 0 aliphatic carbocycles. The summed E-state index contributed by atoms with van der Waals surface area (Å²) in [6.45, 7) is 6.22. The van der Waals surface area contributed by atoms with Crippen LogP contribution in [0.3, 0.4) is 0 Å². The number of methoxy groups -OCH3 is 2. The highest BCUT2D eigenvalue weighted by Crippen LogP contribution is 2.27. The van der Waals surface area contributed by atoms with Gasteiger partial charge in [0.15, 0.2) is 0 Å². The van der Waals surface area contributed by atoms with Gasteiger partial charge in [0.1, 0.15) is 17.3 Å². The molecule has 2 aromatic carbocycles. The number of nitrogens with zero attached hydrogens (tertiary/aromatic N) is 2. The molecule has 1 heterocycles. The number of aromatic nitrogens is 2. The van der Waals surface area contributed by atoms with E-state index in [2.05, 4.69) is 31.4 Å². The lowest BCUT2D eigenvalue weighted by Gasteiger charge is -2.14. The third-order valence-corrected chi connectivity index (χ3v) is 4.34. The molecule has 0 spiro atoms. The molecule has 0 unspecified atom stereocenters. The monoisotopic (exact) mass is 394 g/mol. The maximum Gasteiger partial charge on any atom is 0.324 e. The molecular formula is C22H26N4O3. The lowest BCUT2D eigenvalue weighted by atomic mass is 9.92. The number of amides is 2. The Bertz CT molecular complexity index is 1010. The predicted molar refractivity (Wildman–Crippen MR) is 114 cm³/mol. The zero-order valence-corrected chi connectivity index (χ0v) is 17.3. The molecule has 3 rings (SSSR count). The van der Waals surface area contributed by atoms with Crippen LogP contribution >= 0.6 is 0 Å². The third kappa shape index (κ3) is 4.87. The van der Waals surface area contributed by atoms with Gasteiger partial charge in [-0.25, -0.2) is 9.48 Å². The lowest BCUT2D eigenvalue weighted by Crippen LogP contribution is -2.21. The zero-order valence-electron chi connectivity index (χ0n) is 17.3. The summed E-state index contributed by atoms with van der Waals surface area (Å²) in [5, 5.41) is 10.4. The fourth-order valence-corrected chi connectivity index (χ4v) is 2.76. The minimum absolute atomic E-state index is 0.177. The van der Waals surface area contributed by atoms with E-state index in [9.17, 15) is 4.79 Å². The summed E-state index contributed by atoms with van der Waals surface area (Å²) < 4.78 is 12.2. The first-order valence-electron chi connectivity index (χ1n) is 9.27. The van der Waals surface area contributed by atoms with Gasteiger partial charge in [-0.05, 0) is 24.3 Å². The molecule has 2 amide bonds. The van der Waals surface area contributed by atoms with E-state index >= 15 is 0 Å². The van der Waals surface area contributed by atoms with E-state index in [1.807, 2.05) is 42.5 Å². The van der Waals surface area contributed by atoms with Gasteiger partial charge in [-0.3, -0.25) is 5.32 Å². The minimum Gasteiger partial charge on any atom is -0.497 e. The lowest BCUT2D eigenvalue weighted by molar-refractivity contribution is 0.262. The van der Waals surface area contributed by atoms with Crippen molar-refractivity contribution < 1.29 is 14.3 Å². The minimum atomic E-state index is -0.372. The third-order valence-electron chi connectivity index (χ3n) is 4.34. The Morgan fingerprint density at radius 3 is 2.24 bits per heavy atom. The highest BCUT2D eigenvalue weighted by atomic mass is 16.5. The van der Waals surface area contributed by atoms with Crippen LogP contribution in [0.15, 0.2) is 54.6 Å². The topological polar surface area (TPSA) is 77.4 Å². The summed E-state index contributed by atoms with van der Waals surface area (Å²) in [4.78, 5) is 12.6. The molecule has 0 aliphatic rings. The van der Waals surface area contributed by atoms with Crippen molar-refractivity contribution in [2.45, 2.75) is 26.2 Å². The van der Waals surface area contributed by atoms with Gasteiger partial charge in [0.05, 0.1) is 25.6 Å². The Morgan fingerprint density at radius 1 is 0.931 bits per heavy atom. The number of hydrogen-bond donors (Lipinski definition) is 2. The van der Waals surface area contributed by atoms with Crippen molar-refractivity contribution in [1.29, 1.82) is 0 Å². The van der Waals surface area contributed by atoms with E-state index in [0.29, 0.717) is 23.0 Å².